The molecule has 3 N–H and O–H groups in total. The van der Waals surface area contributed by atoms with Crippen LogP contribution in [-0.4, -0.2) is 28.1 Å². The Morgan fingerprint density at radius 3 is 2.33 bits per heavy atom. The lowest BCUT2D eigenvalue weighted by Gasteiger charge is -2.37. The minimum atomic E-state index is -1.02. The fourth-order valence-electron chi connectivity index (χ4n) is 4.80. The van der Waals surface area contributed by atoms with E-state index in [-0.39, 0.29) is 18.9 Å². The number of aliphatic carboxylic acids is 2. The molecule has 0 aliphatic heterocycles. The van der Waals surface area contributed by atoms with Gasteiger partial charge in [0, 0.05) is 39.7 Å². The van der Waals surface area contributed by atoms with E-state index in [9.17, 15) is 19.5 Å². The summed E-state index contributed by atoms with van der Waals surface area (Å²) in [7, 11) is 0. The molecule has 2 aromatic rings. The first kappa shape index (κ1) is 27.8. The van der Waals surface area contributed by atoms with E-state index in [4.69, 9.17) is 33.0 Å². The topological polar surface area (TPSA) is 113 Å². The smallest absolute Gasteiger partial charge is 0.309 e. The number of amides is 1. The van der Waals surface area contributed by atoms with E-state index in [1.54, 1.807) is 43.3 Å². The molecule has 1 fully saturated rings. The van der Waals surface area contributed by atoms with Crippen molar-refractivity contribution in [3.63, 3.8) is 0 Å². The van der Waals surface area contributed by atoms with E-state index in [1.807, 2.05) is 13.8 Å². The van der Waals surface area contributed by atoms with Crippen LogP contribution in [0.4, 0.5) is 5.69 Å². The fourth-order valence-corrected chi connectivity index (χ4v) is 5.30. The van der Waals surface area contributed by atoms with Crippen LogP contribution >= 0.6 is 23.2 Å². The number of nitrogens with one attached hydrogen (secondary N) is 1. The van der Waals surface area contributed by atoms with Gasteiger partial charge in [-0.2, -0.15) is 0 Å². The van der Waals surface area contributed by atoms with Crippen LogP contribution in [0.25, 0.3) is 0 Å². The van der Waals surface area contributed by atoms with Crippen molar-refractivity contribution in [1.82, 2.24) is 0 Å². The van der Waals surface area contributed by atoms with Gasteiger partial charge in [0.25, 0.3) is 0 Å². The third kappa shape index (κ3) is 5.79. The summed E-state index contributed by atoms with van der Waals surface area (Å²) in [5.41, 5.74) is 0.134. The number of benzene rings is 2. The molecule has 0 aromatic heterocycles. The molecule has 2 aromatic carbocycles. The molecular formula is C27H31Cl2NO6. The van der Waals surface area contributed by atoms with Crippen molar-refractivity contribution < 1.29 is 29.3 Å². The minimum absolute atomic E-state index is 0.00324. The molecular weight excluding hydrogens is 505 g/mol. The maximum absolute atomic E-state index is 13.4. The number of carboxylic acids is 2. The Hall–Kier alpha value is -2.77. The number of carbonyl (C=O) groups excluding carboxylic acids is 1. The van der Waals surface area contributed by atoms with Gasteiger partial charge in [-0.15, -0.1) is 0 Å². The zero-order valence-corrected chi connectivity index (χ0v) is 22.1. The number of rotatable bonds is 10. The largest absolute Gasteiger partial charge is 0.489 e. The average molecular weight is 536 g/mol. The molecule has 1 aliphatic carbocycles. The highest BCUT2D eigenvalue weighted by Crippen LogP contribution is 2.56. The van der Waals surface area contributed by atoms with Gasteiger partial charge in [0.1, 0.15) is 12.4 Å². The van der Waals surface area contributed by atoms with Gasteiger partial charge in [-0.3, -0.25) is 14.4 Å². The van der Waals surface area contributed by atoms with Crippen LogP contribution in [0, 0.1) is 16.7 Å². The van der Waals surface area contributed by atoms with Gasteiger partial charge >= 0.3 is 11.9 Å². The SMILES string of the molecule is CC1(C)[C@H](C(=O)Nc2cc(OCc3c(Cl)cccc3Cl)ccc2CCCC(=O)O)CC[C@@]1(C)C(=O)O. The first-order valence-corrected chi connectivity index (χ1v) is 12.6. The molecule has 1 amide bonds. The van der Waals surface area contributed by atoms with Gasteiger partial charge < -0.3 is 20.3 Å². The maximum atomic E-state index is 13.4. The summed E-state index contributed by atoms with van der Waals surface area (Å²) < 4.78 is 5.91. The van der Waals surface area contributed by atoms with Gasteiger partial charge in [-0.1, -0.05) is 49.2 Å². The van der Waals surface area contributed by atoms with E-state index in [1.165, 1.54) is 0 Å². The zero-order valence-electron chi connectivity index (χ0n) is 20.6. The van der Waals surface area contributed by atoms with E-state index < -0.39 is 28.7 Å². The number of carbonyl (C=O) groups is 3. The van der Waals surface area contributed by atoms with Crippen molar-refractivity contribution in [3.8, 4) is 5.75 Å². The van der Waals surface area contributed by atoms with Crippen LogP contribution in [0.2, 0.25) is 10.0 Å². The molecule has 0 spiro atoms. The normalized spacial score (nSPS) is 20.6. The number of carboxylic acid groups (broad SMARTS) is 2. The summed E-state index contributed by atoms with van der Waals surface area (Å²) in [6, 6.07) is 10.4. The highest BCUT2D eigenvalue weighted by Gasteiger charge is 2.58. The summed E-state index contributed by atoms with van der Waals surface area (Å²) in [4.78, 5) is 36.3. The van der Waals surface area contributed by atoms with Crippen LogP contribution in [0.1, 0.15) is 57.6 Å². The van der Waals surface area contributed by atoms with Crippen molar-refractivity contribution in [3.05, 3.63) is 57.6 Å². The van der Waals surface area contributed by atoms with E-state index in [0.717, 1.165) is 5.56 Å². The van der Waals surface area contributed by atoms with Crippen LogP contribution in [0.15, 0.2) is 36.4 Å². The number of hydrogen-bond donors (Lipinski definition) is 3. The summed E-state index contributed by atoms with van der Waals surface area (Å²) in [6.07, 6.45) is 1.71. The molecule has 194 valence electrons. The van der Waals surface area contributed by atoms with Crippen LogP contribution in [0.3, 0.4) is 0 Å². The Balaban J connectivity index is 1.84. The molecule has 0 heterocycles. The third-order valence-electron chi connectivity index (χ3n) is 7.64. The fraction of sp³-hybridized carbons (Fsp3) is 0.444. The lowest BCUT2D eigenvalue weighted by Crippen LogP contribution is -2.43. The molecule has 9 heteroatoms. The third-order valence-corrected chi connectivity index (χ3v) is 8.34. The molecule has 2 atom stereocenters. The van der Waals surface area contributed by atoms with Crippen molar-refractivity contribution in [2.24, 2.45) is 16.7 Å². The van der Waals surface area contributed by atoms with E-state index in [0.29, 0.717) is 52.7 Å². The summed E-state index contributed by atoms with van der Waals surface area (Å²) in [6.45, 7) is 5.45. The predicted molar refractivity (Wildman–Crippen MR) is 139 cm³/mol. The maximum Gasteiger partial charge on any atom is 0.309 e. The number of halogens is 2. The first-order valence-electron chi connectivity index (χ1n) is 11.8. The molecule has 3 rings (SSSR count). The number of ether oxygens (including phenoxy) is 1. The second kappa shape index (κ2) is 11.1. The molecule has 0 bridgehead atoms. The molecule has 1 saturated carbocycles. The highest BCUT2D eigenvalue weighted by molar-refractivity contribution is 6.35. The highest BCUT2D eigenvalue weighted by atomic mass is 35.5. The van der Waals surface area contributed by atoms with Crippen LogP contribution in [-0.2, 0) is 27.4 Å². The quantitative estimate of drug-likeness (QED) is 0.322. The van der Waals surface area contributed by atoms with Gasteiger partial charge in [0.2, 0.25) is 5.91 Å². The van der Waals surface area contributed by atoms with Crippen molar-refractivity contribution in [2.75, 3.05) is 5.32 Å². The van der Waals surface area contributed by atoms with Gasteiger partial charge in [0.05, 0.1) is 5.41 Å². The average Bonchev–Trinajstić information content (AvgIpc) is 3.04. The Labute approximate surface area is 220 Å². The summed E-state index contributed by atoms with van der Waals surface area (Å²) in [5, 5.41) is 22.7. The van der Waals surface area contributed by atoms with Crippen LogP contribution < -0.4 is 10.1 Å². The number of aryl methyl sites for hydroxylation is 1. The monoisotopic (exact) mass is 535 g/mol. The molecule has 0 radical (unpaired) electrons. The van der Waals surface area contributed by atoms with Gasteiger partial charge in [0.15, 0.2) is 0 Å². The number of hydrogen-bond acceptors (Lipinski definition) is 4. The second-order valence-corrected chi connectivity index (χ2v) is 10.8. The second-order valence-electron chi connectivity index (χ2n) is 9.99. The zero-order chi connectivity index (χ0) is 26.7. The van der Waals surface area contributed by atoms with Gasteiger partial charge in [-0.25, -0.2) is 0 Å². The van der Waals surface area contributed by atoms with Gasteiger partial charge in [-0.05, 0) is 61.8 Å². The Kier molecular flexibility index (Phi) is 8.57. The molecule has 0 unspecified atom stereocenters. The van der Waals surface area contributed by atoms with Crippen molar-refractivity contribution >= 4 is 46.7 Å². The Morgan fingerprint density at radius 1 is 1.08 bits per heavy atom. The van der Waals surface area contributed by atoms with Crippen molar-refractivity contribution in [1.29, 1.82) is 0 Å². The van der Waals surface area contributed by atoms with E-state index >= 15 is 0 Å². The lowest BCUT2D eigenvalue weighted by molar-refractivity contribution is -0.155. The Bertz CT molecular complexity index is 1140. The van der Waals surface area contributed by atoms with Crippen LogP contribution in [0.5, 0.6) is 5.75 Å². The van der Waals surface area contributed by atoms with E-state index in [2.05, 4.69) is 5.32 Å². The minimum Gasteiger partial charge on any atom is -0.489 e. The standard InChI is InChI=1S/C27H31Cl2NO6/c1-26(2)19(12-13-27(26,3)25(34)35)24(33)30-22-14-17(11-10-16(22)6-4-9-23(31)32)36-15-18-20(28)7-5-8-21(18)29/h5,7-8,10-11,14,19H,4,6,9,12-13,15H2,1-3H3,(H,30,33)(H,31,32)(H,34,35)/t19-,27-/m0/s1. The molecule has 1 aliphatic rings. The molecule has 7 nitrogen and oxygen atoms in total. The number of anilines is 1. The summed E-state index contributed by atoms with van der Waals surface area (Å²) in [5.74, 6) is -2.10. The Morgan fingerprint density at radius 2 is 1.75 bits per heavy atom. The first-order chi connectivity index (χ1) is 16.9. The molecule has 0 saturated heterocycles. The van der Waals surface area contributed by atoms with Crippen molar-refractivity contribution in [2.45, 2.75) is 59.5 Å². The summed E-state index contributed by atoms with van der Waals surface area (Å²) >= 11 is 12.5. The predicted octanol–water partition coefficient (Wildman–Crippen LogP) is 6.45. The molecule has 36 heavy (non-hydrogen) atoms. The lowest BCUT2D eigenvalue weighted by atomic mass is 9.65.